The molecule has 0 aliphatic heterocycles. The van der Waals surface area contributed by atoms with Crippen LogP contribution in [0, 0.1) is 12.8 Å². The van der Waals surface area contributed by atoms with Gasteiger partial charge in [0.1, 0.15) is 17.3 Å². The zero-order valence-electron chi connectivity index (χ0n) is 27.3. The fourth-order valence-electron chi connectivity index (χ4n) is 6.68. The largest absolute Gasteiger partial charge is 0.457 e. The summed E-state index contributed by atoms with van der Waals surface area (Å²) in [6, 6.07) is 31.8. The molecule has 230 valence electrons. The van der Waals surface area contributed by atoms with Crippen molar-refractivity contribution in [3.05, 3.63) is 132 Å². The van der Waals surface area contributed by atoms with E-state index in [0.29, 0.717) is 5.92 Å². The molecule has 5 heteroatoms. The minimum absolute atomic E-state index is 0.634. The molecular weight excluding hydrogens is 564 g/mol. The molecule has 4 aromatic carbocycles. The van der Waals surface area contributed by atoms with Crippen molar-refractivity contribution in [3.8, 4) is 34.1 Å². The van der Waals surface area contributed by atoms with E-state index in [-0.39, 0.29) is 0 Å². The molecule has 0 fully saturated rings. The average molecular weight is 605 g/mol. The first-order valence-corrected chi connectivity index (χ1v) is 16.4. The molecule has 0 aliphatic carbocycles. The summed E-state index contributed by atoms with van der Waals surface area (Å²) in [6.07, 6.45) is 9.10. The Morgan fingerprint density at radius 1 is 0.761 bits per heavy atom. The summed E-state index contributed by atoms with van der Waals surface area (Å²) in [4.78, 5) is 4.71. The van der Waals surface area contributed by atoms with Crippen molar-refractivity contribution in [3.63, 3.8) is 0 Å². The predicted molar refractivity (Wildman–Crippen MR) is 190 cm³/mol. The molecule has 0 atom stereocenters. The molecule has 0 amide bonds. The van der Waals surface area contributed by atoms with Gasteiger partial charge in [0, 0.05) is 40.9 Å². The van der Waals surface area contributed by atoms with Crippen molar-refractivity contribution in [2.75, 3.05) is 0 Å². The van der Waals surface area contributed by atoms with Crippen LogP contribution in [0.15, 0.2) is 110 Å². The highest BCUT2D eigenvalue weighted by Gasteiger charge is 2.16. The summed E-state index contributed by atoms with van der Waals surface area (Å²) in [6.45, 7) is 11.2. The topological polar surface area (TPSA) is 44.9 Å². The lowest BCUT2D eigenvalue weighted by molar-refractivity contribution is 0.483. The molecular formula is C41H40N4O. The average Bonchev–Trinajstić information content (AvgIpc) is 3.67. The first-order valence-electron chi connectivity index (χ1n) is 16.4. The van der Waals surface area contributed by atoms with E-state index < -0.39 is 0 Å². The molecule has 0 unspecified atom stereocenters. The summed E-state index contributed by atoms with van der Waals surface area (Å²) in [5.74, 6) is 3.05. The van der Waals surface area contributed by atoms with E-state index in [0.717, 1.165) is 58.9 Å². The molecule has 5 nitrogen and oxygen atoms in total. The third-order valence-corrected chi connectivity index (χ3v) is 8.73. The summed E-state index contributed by atoms with van der Waals surface area (Å²) in [5.41, 5.74) is 11.0. The van der Waals surface area contributed by atoms with E-state index in [9.17, 15) is 0 Å². The van der Waals surface area contributed by atoms with Gasteiger partial charge in [-0.05, 0) is 102 Å². The Bertz CT molecular complexity index is 2160. The zero-order chi connectivity index (χ0) is 31.8. The molecule has 0 bridgehead atoms. The minimum atomic E-state index is 0.634. The van der Waals surface area contributed by atoms with Crippen LogP contribution < -0.4 is 4.74 Å². The zero-order valence-corrected chi connectivity index (χ0v) is 27.3. The van der Waals surface area contributed by atoms with Gasteiger partial charge in [0.2, 0.25) is 0 Å². The fraction of sp³-hybridized carbons (Fsp3) is 0.220. The van der Waals surface area contributed by atoms with Crippen LogP contribution in [0.25, 0.3) is 44.4 Å². The number of hydrogen-bond donors (Lipinski definition) is 0. The Morgan fingerprint density at radius 3 is 2.28 bits per heavy atom. The van der Waals surface area contributed by atoms with Crippen molar-refractivity contribution in [1.29, 1.82) is 0 Å². The quantitative estimate of drug-likeness (QED) is 0.165. The second kappa shape index (κ2) is 12.3. The Balaban J connectivity index is 1.22. The SMILES string of the molecule is CCc1cc(CC(C)C)cc(CC)c1-c1cnn(-c2cccc(Oc3ccc4c5ccccc5n(-c5cc(C)ccn5)c4c3)c2)c1. The number of para-hydroxylation sites is 1. The third-order valence-electron chi connectivity index (χ3n) is 8.73. The number of fused-ring (bicyclic) bond motifs is 3. The Kier molecular flexibility index (Phi) is 7.91. The van der Waals surface area contributed by atoms with Crippen LogP contribution in [0.5, 0.6) is 11.5 Å². The summed E-state index contributed by atoms with van der Waals surface area (Å²) < 4.78 is 10.7. The van der Waals surface area contributed by atoms with E-state index in [4.69, 9.17) is 14.8 Å². The Morgan fingerprint density at radius 2 is 1.52 bits per heavy atom. The van der Waals surface area contributed by atoms with Crippen LogP contribution in [0.4, 0.5) is 0 Å². The maximum Gasteiger partial charge on any atom is 0.137 e. The monoisotopic (exact) mass is 604 g/mol. The van der Waals surface area contributed by atoms with Crippen LogP contribution >= 0.6 is 0 Å². The number of aryl methyl sites for hydroxylation is 3. The van der Waals surface area contributed by atoms with Crippen LogP contribution in [0.2, 0.25) is 0 Å². The van der Waals surface area contributed by atoms with Crippen molar-refractivity contribution >= 4 is 21.8 Å². The van der Waals surface area contributed by atoms with Gasteiger partial charge in [0.05, 0.1) is 22.9 Å². The van der Waals surface area contributed by atoms with Gasteiger partial charge in [-0.1, -0.05) is 64.1 Å². The van der Waals surface area contributed by atoms with E-state index >= 15 is 0 Å². The second-order valence-corrected chi connectivity index (χ2v) is 12.6. The number of aromatic nitrogens is 4. The fourth-order valence-corrected chi connectivity index (χ4v) is 6.68. The number of ether oxygens (including phenoxy) is 1. The van der Waals surface area contributed by atoms with Crippen LogP contribution in [-0.2, 0) is 19.3 Å². The second-order valence-electron chi connectivity index (χ2n) is 12.6. The molecule has 0 radical (unpaired) electrons. The van der Waals surface area contributed by atoms with E-state index in [1.54, 1.807) is 0 Å². The highest BCUT2D eigenvalue weighted by molar-refractivity contribution is 6.09. The molecule has 0 aliphatic rings. The molecule has 3 heterocycles. The predicted octanol–water partition coefficient (Wildman–Crippen LogP) is 10.5. The van der Waals surface area contributed by atoms with E-state index in [1.807, 2.05) is 47.4 Å². The number of pyridine rings is 1. The highest BCUT2D eigenvalue weighted by atomic mass is 16.5. The number of nitrogens with zero attached hydrogens (tertiary/aromatic N) is 4. The Hall–Kier alpha value is -5.16. The van der Waals surface area contributed by atoms with Gasteiger partial charge < -0.3 is 4.74 Å². The van der Waals surface area contributed by atoms with Crippen molar-refractivity contribution in [2.24, 2.45) is 5.92 Å². The standard InChI is InChI=1S/C41H40N4O/c1-6-30-21-29(19-27(3)4)22-31(7-2)41(30)32-25-43-44(26-32)33-11-10-12-34(23-33)46-35-15-16-37-36-13-8-9-14-38(36)45(39(37)24-35)40-20-28(5)17-18-42-40/h8-18,20-27H,6-7,19H2,1-5H3. The number of rotatable bonds is 9. The number of benzene rings is 4. The lowest BCUT2D eigenvalue weighted by Gasteiger charge is -2.16. The summed E-state index contributed by atoms with van der Waals surface area (Å²) in [5, 5.41) is 7.16. The molecule has 7 aromatic rings. The van der Waals surface area contributed by atoms with Crippen molar-refractivity contribution in [1.82, 2.24) is 19.3 Å². The molecule has 3 aromatic heterocycles. The van der Waals surface area contributed by atoms with Crippen molar-refractivity contribution < 1.29 is 4.74 Å². The maximum absolute atomic E-state index is 6.49. The third kappa shape index (κ3) is 5.58. The van der Waals surface area contributed by atoms with Gasteiger partial charge in [-0.2, -0.15) is 5.10 Å². The molecule has 0 N–H and O–H groups in total. The van der Waals surface area contributed by atoms with Gasteiger partial charge in [0.15, 0.2) is 0 Å². The van der Waals surface area contributed by atoms with Gasteiger partial charge >= 0.3 is 0 Å². The first kappa shape index (κ1) is 29.5. The van der Waals surface area contributed by atoms with E-state index in [1.165, 1.54) is 38.6 Å². The summed E-state index contributed by atoms with van der Waals surface area (Å²) in [7, 11) is 0. The molecule has 0 saturated heterocycles. The van der Waals surface area contributed by atoms with E-state index in [2.05, 4.69) is 106 Å². The van der Waals surface area contributed by atoms with Gasteiger partial charge in [0.25, 0.3) is 0 Å². The smallest absolute Gasteiger partial charge is 0.137 e. The van der Waals surface area contributed by atoms with Crippen LogP contribution in [-0.4, -0.2) is 19.3 Å². The minimum Gasteiger partial charge on any atom is -0.457 e. The van der Waals surface area contributed by atoms with Crippen molar-refractivity contribution in [2.45, 2.75) is 53.9 Å². The summed E-state index contributed by atoms with van der Waals surface area (Å²) >= 11 is 0. The lowest BCUT2D eigenvalue weighted by atomic mass is 9.89. The number of hydrogen-bond acceptors (Lipinski definition) is 3. The Labute approximate surface area is 271 Å². The lowest BCUT2D eigenvalue weighted by Crippen LogP contribution is -2.01. The highest BCUT2D eigenvalue weighted by Crippen LogP contribution is 2.36. The van der Waals surface area contributed by atoms with Crippen LogP contribution in [0.3, 0.4) is 0 Å². The molecule has 0 saturated carbocycles. The van der Waals surface area contributed by atoms with Gasteiger partial charge in [-0.25, -0.2) is 9.67 Å². The maximum atomic E-state index is 6.49. The molecule has 7 rings (SSSR count). The molecule has 46 heavy (non-hydrogen) atoms. The normalized spacial score (nSPS) is 11.6. The van der Waals surface area contributed by atoms with Gasteiger partial charge in [-0.3, -0.25) is 4.57 Å². The van der Waals surface area contributed by atoms with Crippen LogP contribution in [0.1, 0.15) is 49.9 Å². The first-order chi connectivity index (χ1) is 22.4. The van der Waals surface area contributed by atoms with Gasteiger partial charge in [-0.15, -0.1) is 0 Å². The molecule has 0 spiro atoms.